The summed E-state index contributed by atoms with van der Waals surface area (Å²) < 4.78 is 0. The Labute approximate surface area is 106 Å². The van der Waals surface area contributed by atoms with Gasteiger partial charge in [0, 0.05) is 13.0 Å². The van der Waals surface area contributed by atoms with Gasteiger partial charge in [0.1, 0.15) is 0 Å². The quantitative estimate of drug-likeness (QED) is 0.430. The fraction of sp³-hybridized carbons (Fsp3) is 0.786. The van der Waals surface area contributed by atoms with E-state index < -0.39 is 0 Å². The maximum atomic E-state index is 11.4. The van der Waals surface area contributed by atoms with Crippen molar-refractivity contribution in [2.24, 2.45) is 0 Å². The topological polar surface area (TPSA) is 41.1 Å². The van der Waals surface area contributed by atoms with Gasteiger partial charge >= 0.3 is 0 Å². The van der Waals surface area contributed by atoms with Crippen LogP contribution >= 0.6 is 0 Å². The third kappa shape index (κ3) is 13.1. The summed E-state index contributed by atoms with van der Waals surface area (Å²) in [5.74, 6) is 0.145. The fourth-order valence-corrected chi connectivity index (χ4v) is 1.48. The van der Waals surface area contributed by atoms with Crippen molar-refractivity contribution in [3.63, 3.8) is 0 Å². The van der Waals surface area contributed by atoms with E-state index in [0.717, 1.165) is 37.9 Å². The van der Waals surface area contributed by atoms with Gasteiger partial charge in [-0.2, -0.15) is 0 Å². The highest BCUT2D eigenvalue weighted by Gasteiger charge is 1.99. The second-order valence-electron chi connectivity index (χ2n) is 4.65. The van der Waals surface area contributed by atoms with Crippen LogP contribution in [0.1, 0.15) is 52.4 Å². The van der Waals surface area contributed by atoms with Crippen LogP contribution in [0.4, 0.5) is 0 Å². The van der Waals surface area contributed by atoms with E-state index in [0.29, 0.717) is 13.0 Å². The Morgan fingerprint density at radius 2 is 1.82 bits per heavy atom. The molecule has 0 aliphatic heterocycles. The van der Waals surface area contributed by atoms with E-state index in [1.165, 1.54) is 12.8 Å². The van der Waals surface area contributed by atoms with E-state index in [1.54, 1.807) is 0 Å². The van der Waals surface area contributed by atoms with Crippen LogP contribution in [0, 0.1) is 0 Å². The number of hydrogen-bond donors (Lipinski definition) is 2. The molecule has 0 saturated carbocycles. The minimum absolute atomic E-state index is 0.145. The highest BCUT2D eigenvalue weighted by Crippen LogP contribution is 1.99. The van der Waals surface area contributed by atoms with E-state index in [4.69, 9.17) is 0 Å². The summed E-state index contributed by atoms with van der Waals surface area (Å²) in [4.78, 5) is 11.4. The Hall–Kier alpha value is -0.830. The van der Waals surface area contributed by atoms with Gasteiger partial charge in [0.25, 0.3) is 0 Å². The molecule has 0 bridgehead atoms. The van der Waals surface area contributed by atoms with Gasteiger partial charge in [-0.1, -0.05) is 31.9 Å². The zero-order valence-corrected chi connectivity index (χ0v) is 11.5. The first-order valence-corrected chi connectivity index (χ1v) is 6.78. The third-order valence-corrected chi connectivity index (χ3v) is 2.55. The average molecular weight is 240 g/mol. The highest BCUT2D eigenvalue weighted by atomic mass is 16.1. The molecule has 0 aliphatic rings. The molecule has 1 amide bonds. The van der Waals surface area contributed by atoms with Crippen molar-refractivity contribution in [2.75, 3.05) is 19.6 Å². The molecule has 3 nitrogen and oxygen atoms in total. The van der Waals surface area contributed by atoms with Gasteiger partial charge in [0.05, 0.1) is 0 Å². The lowest BCUT2D eigenvalue weighted by atomic mass is 10.2. The second-order valence-corrected chi connectivity index (χ2v) is 4.65. The first-order valence-electron chi connectivity index (χ1n) is 6.78. The van der Waals surface area contributed by atoms with Gasteiger partial charge in [0.2, 0.25) is 5.91 Å². The molecule has 100 valence electrons. The van der Waals surface area contributed by atoms with Crippen LogP contribution in [-0.2, 0) is 4.79 Å². The SMILES string of the molecule is C=C(C)CNC(=O)CCCCCNCCCC. The largest absolute Gasteiger partial charge is 0.352 e. The molecule has 0 heterocycles. The summed E-state index contributed by atoms with van der Waals surface area (Å²) in [6.45, 7) is 10.7. The van der Waals surface area contributed by atoms with Gasteiger partial charge in [-0.3, -0.25) is 4.79 Å². The maximum Gasteiger partial charge on any atom is 0.220 e. The number of hydrogen-bond acceptors (Lipinski definition) is 2. The Bertz CT molecular complexity index is 214. The molecule has 0 fully saturated rings. The summed E-state index contributed by atoms with van der Waals surface area (Å²) in [5.41, 5.74) is 0.999. The van der Waals surface area contributed by atoms with E-state index in [2.05, 4.69) is 24.1 Å². The molecule has 0 aromatic heterocycles. The molecular weight excluding hydrogens is 212 g/mol. The lowest BCUT2D eigenvalue weighted by molar-refractivity contribution is -0.121. The van der Waals surface area contributed by atoms with Crippen molar-refractivity contribution < 1.29 is 4.79 Å². The number of amides is 1. The Balaban J connectivity index is 3.16. The molecule has 0 radical (unpaired) electrons. The normalized spacial score (nSPS) is 10.2. The third-order valence-electron chi connectivity index (χ3n) is 2.55. The predicted octanol–water partition coefficient (Wildman–Crippen LogP) is 2.63. The zero-order valence-electron chi connectivity index (χ0n) is 11.5. The fourth-order valence-electron chi connectivity index (χ4n) is 1.48. The van der Waals surface area contributed by atoms with Crippen LogP contribution < -0.4 is 10.6 Å². The Morgan fingerprint density at radius 3 is 2.47 bits per heavy atom. The molecule has 0 rings (SSSR count). The standard InChI is InChI=1S/C14H28N2O/c1-4-5-10-15-11-8-6-7-9-14(17)16-12-13(2)3/h15H,2,4-12H2,1,3H3,(H,16,17). The number of unbranched alkanes of at least 4 members (excludes halogenated alkanes) is 3. The molecule has 0 unspecified atom stereocenters. The molecule has 0 aliphatic carbocycles. The van der Waals surface area contributed by atoms with E-state index in [-0.39, 0.29) is 5.91 Å². The molecule has 2 N–H and O–H groups in total. The minimum atomic E-state index is 0.145. The van der Waals surface area contributed by atoms with Gasteiger partial charge in [-0.25, -0.2) is 0 Å². The highest BCUT2D eigenvalue weighted by molar-refractivity contribution is 5.76. The zero-order chi connectivity index (χ0) is 12.9. The van der Waals surface area contributed by atoms with Crippen molar-refractivity contribution in [3.8, 4) is 0 Å². The van der Waals surface area contributed by atoms with Crippen LogP contribution in [0.15, 0.2) is 12.2 Å². The van der Waals surface area contributed by atoms with Crippen LogP contribution in [0.2, 0.25) is 0 Å². The Morgan fingerprint density at radius 1 is 1.12 bits per heavy atom. The van der Waals surface area contributed by atoms with Crippen molar-refractivity contribution in [1.29, 1.82) is 0 Å². The second kappa shape index (κ2) is 11.6. The number of carbonyl (C=O) groups excluding carboxylic acids is 1. The summed E-state index contributed by atoms with van der Waals surface area (Å²) in [7, 11) is 0. The molecule has 0 aromatic carbocycles. The van der Waals surface area contributed by atoms with Crippen molar-refractivity contribution in [3.05, 3.63) is 12.2 Å². The van der Waals surface area contributed by atoms with Gasteiger partial charge in [0.15, 0.2) is 0 Å². The van der Waals surface area contributed by atoms with Crippen molar-refractivity contribution in [2.45, 2.75) is 52.4 Å². The maximum absolute atomic E-state index is 11.4. The predicted molar refractivity (Wildman–Crippen MR) is 74.1 cm³/mol. The van der Waals surface area contributed by atoms with E-state index in [1.807, 2.05) is 6.92 Å². The van der Waals surface area contributed by atoms with Gasteiger partial charge < -0.3 is 10.6 Å². The number of nitrogens with one attached hydrogen (secondary N) is 2. The molecule has 17 heavy (non-hydrogen) atoms. The first kappa shape index (κ1) is 16.2. The smallest absolute Gasteiger partial charge is 0.220 e. The molecule has 0 aromatic rings. The molecule has 0 atom stereocenters. The lowest BCUT2D eigenvalue weighted by Gasteiger charge is -2.05. The van der Waals surface area contributed by atoms with E-state index in [9.17, 15) is 4.79 Å². The molecule has 3 heteroatoms. The monoisotopic (exact) mass is 240 g/mol. The van der Waals surface area contributed by atoms with E-state index >= 15 is 0 Å². The summed E-state index contributed by atoms with van der Waals surface area (Å²) in [5, 5.41) is 6.25. The van der Waals surface area contributed by atoms with Gasteiger partial charge in [-0.15, -0.1) is 0 Å². The minimum Gasteiger partial charge on any atom is -0.352 e. The van der Waals surface area contributed by atoms with Gasteiger partial charge in [-0.05, 0) is 39.3 Å². The van der Waals surface area contributed by atoms with Crippen molar-refractivity contribution >= 4 is 5.91 Å². The number of rotatable bonds is 11. The van der Waals surface area contributed by atoms with Crippen LogP contribution in [0.25, 0.3) is 0 Å². The average Bonchev–Trinajstić information content (AvgIpc) is 2.30. The first-order chi connectivity index (χ1) is 8.16. The van der Waals surface area contributed by atoms with Crippen LogP contribution in [0.5, 0.6) is 0 Å². The summed E-state index contributed by atoms with van der Waals surface area (Å²) in [6, 6.07) is 0. The van der Waals surface area contributed by atoms with Crippen LogP contribution in [-0.4, -0.2) is 25.5 Å². The molecule has 0 saturated heterocycles. The molecule has 0 spiro atoms. The summed E-state index contributed by atoms with van der Waals surface area (Å²) in [6.07, 6.45) is 6.41. The molecular formula is C14H28N2O. The Kier molecular flexibility index (Phi) is 11.1. The van der Waals surface area contributed by atoms with Crippen molar-refractivity contribution in [1.82, 2.24) is 10.6 Å². The van der Waals surface area contributed by atoms with Crippen LogP contribution in [0.3, 0.4) is 0 Å². The number of carbonyl (C=O) groups is 1. The summed E-state index contributed by atoms with van der Waals surface area (Å²) >= 11 is 0. The lowest BCUT2D eigenvalue weighted by Crippen LogP contribution is -2.24.